The predicted octanol–water partition coefficient (Wildman–Crippen LogP) is 2.65. The Morgan fingerprint density at radius 2 is 2.00 bits per heavy atom. The van der Waals surface area contributed by atoms with E-state index in [0.29, 0.717) is 6.54 Å². The highest BCUT2D eigenvalue weighted by Crippen LogP contribution is 2.20. The maximum atomic E-state index is 13.5. The number of nitrogens with zero attached hydrogens (tertiary/aromatic N) is 2. The molecule has 2 N–H and O–H groups in total. The van der Waals surface area contributed by atoms with Crippen LogP contribution in [0.25, 0.3) is 5.69 Å². The summed E-state index contributed by atoms with van der Waals surface area (Å²) in [4.78, 5) is 0. The van der Waals surface area contributed by atoms with E-state index in [1.54, 1.807) is 4.68 Å². The zero-order valence-electron chi connectivity index (χ0n) is 11.0. The van der Waals surface area contributed by atoms with Gasteiger partial charge in [0.2, 0.25) is 0 Å². The molecule has 0 atom stereocenters. The van der Waals surface area contributed by atoms with Crippen LogP contribution in [0.5, 0.6) is 0 Å². The number of aryl methyl sites for hydroxylation is 1. The van der Waals surface area contributed by atoms with Crippen molar-refractivity contribution in [3.05, 3.63) is 46.5 Å². The van der Waals surface area contributed by atoms with Crippen LogP contribution in [0.15, 0.2) is 18.2 Å². The summed E-state index contributed by atoms with van der Waals surface area (Å²) in [5, 5.41) is 4.48. The lowest BCUT2D eigenvalue weighted by Crippen LogP contribution is -2.04. The molecule has 1 heterocycles. The normalized spacial score (nSPS) is 10.9. The second-order valence-corrected chi connectivity index (χ2v) is 4.44. The number of hydrogen-bond acceptors (Lipinski definition) is 2. The number of hydrogen-bond donors (Lipinski definition) is 1. The monoisotopic (exact) mass is 247 g/mol. The fourth-order valence-electron chi connectivity index (χ4n) is 2.31. The standard InChI is InChI=1S/C14H18FN3/c1-4-14-9(2)17-18(10(14)3)13-6-11(8-16)5-12(15)7-13/h5-7H,4,8,16H2,1-3H3. The third-order valence-corrected chi connectivity index (χ3v) is 3.22. The quantitative estimate of drug-likeness (QED) is 0.906. The molecule has 0 aliphatic rings. The fourth-order valence-corrected chi connectivity index (χ4v) is 2.31. The number of rotatable bonds is 3. The Balaban J connectivity index is 2.58. The molecule has 0 unspecified atom stereocenters. The average molecular weight is 247 g/mol. The second-order valence-electron chi connectivity index (χ2n) is 4.44. The Bertz CT molecular complexity index is 573. The molecule has 3 nitrogen and oxygen atoms in total. The van der Waals surface area contributed by atoms with Crippen LogP contribution in [0.1, 0.15) is 29.4 Å². The first-order chi connectivity index (χ1) is 8.56. The van der Waals surface area contributed by atoms with Gasteiger partial charge in [-0.1, -0.05) is 6.92 Å². The van der Waals surface area contributed by atoms with Crippen molar-refractivity contribution in [1.29, 1.82) is 0 Å². The third-order valence-electron chi connectivity index (χ3n) is 3.22. The zero-order chi connectivity index (χ0) is 13.3. The van der Waals surface area contributed by atoms with Gasteiger partial charge in [0, 0.05) is 12.2 Å². The van der Waals surface area contributed by atoms with Gasteiger partial charge in [-0.15, -0.1) is 0 Å². The minimum atomic E-state index is -0.279. The topological polar surface area (TPSA) is 43.8 Å². The molecule has 2 aromatic rings. The molecule has 4 heteroatoms. The molecule has 2 rings (SSSR count). The Kier molecular flexibility index (Phi) is 3.48. The van der Waals surface area contributed by atoms with Crippen molar-refractivity contribution in [2.24, 2.45) is 5.73 Å². The molecule has 0 bridgehead atoms. The van der Waals surface area contributed by atoms with Crippen LogP contribution in [0.3, 0.4) is 0 Å². The predicted molar refractivity (Wildman–Crippen MR) is 70.3 cm³/mol. The van der Waals surface area contributed by atoms with E-state index in [4.69, 9.17) is 5.73 Å². The van der Waals surface area contributed by atoms with Crippen molar-refractivity contribution in [3.63, 3.8) is 0 Å². The van der Waals surface area contributed by atoms with Gasteiger partial charge in [-0.25, -0.2) is 9.07 Å². The molecule has 18 heavy (non-hydrogen) atoms. The zero-order valence-corrected chi connectivity index (χ0v) is 11.0. The Hall–Kier alpha value is -1.68. The van der Waals surface area contributed by atoms with Gasteiger partial charge < -0.3 is 5.73 Å². The molecule has 0 saturated heterocycles. The molecule has 0 spiro atoms. The molecule has 1 aromatic heterocycles. The Morgan fingerprint density at radius 1 is 1.28 bits per heavy atom. The number of benzene rings is 1. The lowest BCUT2D eigenvalue weighted by Gasteiger charge is -2.07. The van der Waals surface area contributed by atoms with Gasteiger partial charge in [-0.2, -0.15) is 5.10 Å². The summed E-state index contributed by atoms with van der Waals surface area (Å²) in [6.07, 6.45) is 0.927. The smallest absolute Gasteiger partial charge is 0.125 e. The van der Waals surface area contributed by atoms with Crippen molar-refractivity contribution < 1.29 is 4.39 Å². The van der Waals surface area contributed by atoms with Gasteiger partial charge in [-0.3, -0.25) is 0 Å². The van der Waals surface area contributed by atoms with Crippen molar-refractivity contribution in [1.82, 2.24) is 9.78 Å². The lowest BCUT2D eigenvalue weighted by molar-refractivity contribution is 0.622. The van der Waals surface area contributed by atoms with Crippen LogP contribution in [0, 0.1) is 19.7 Å². The van der Waals surface area contributed by atoms with E-state index in [-0.39, 0.29) is 5.82 Å². The summed E-state index contributed by atoms with van der Waals surface area (Å²) in [5.41, 5.74) is 10.3. The minimum Gasteiger partial charge on any atom is -0.326 e. The van der Waals surface area contributed by atoms with Crippen LogP contribution in [0.4, 0.5) is 4.39 Å². The summed E-state index contributed by atoms with van der Waals surface area (Å²) in [5.74, 6) is -0.279. The van der Waals surface area contributed by atoms with E-state index in [0.717, 1.165) is 29.1 Å². The van der Waals surface area contributed by atoms with Crippen molar-refractivity contribution in [2.75, 3.05) is 0 Å². The fraction of sp³-hybridized carbons (Fsp3) is 0.357. The van der Waals surface area contributed by atoms with E-state index in [2.05, 4.69) is 12.0 Å². The Labute approximate surface area is 106 Å². The van der Waals surface area contributed by atoms with E-state index >= 15 is 0 Å². The summed E-state index contributed by atoms with van der Waals surface area (Å²) in [7, 11) is 0. The maximum absolute atomic E-state index is 13.5. The van der Waals surface area contributed by atoms with Crippen LogP contribution in [-0.4, -0.2) is 9.78 Å². The van der Waals surface area contributed by atoms with Gasteiger partial charge in [0.25, 0.3) is 0 Å². The number of aromatic nitrogens is 2. The molecule has 0 aliphatic heterocycles. The maximum Gasteiger partial charge on any atom is 0.125 e. The largest absolute Gasteiger partial charge is 0.326 e. The first kappa shape index (κ1) is 12.8. The highest BCUT2D eigenvalue weighted by atomic mass is 19.1. The van der Waals surface area contributed by atoms with Gasteiger partial charge >= 0.3 is 0 Å². The molecule has 0 fully saturated rings. The summed E-state index contributed by atoms with van der Waals surface area (Å²) in [6.45, 7) is 6.40. The summed E-state index contributed by atoms with van der Waals surface area (Å²) >= 11 is 0. The van der Waals surface area contributed by atoms with Crippen LogP contribution >= 0.6 is 0 Å². The van der Waals surface area contributed by atoms with Gasteiger partial charge in [0.15, 0.2) is 0 Å². The Morgan fingerprint density at radius 3 is 2.56 bits per heavy atom. The second kappa shape index (κ2) is 4.90. The molecule has 0 aliphatic carbocycles. The van der Waals surface area contributed by atoms with E-state index in [1.807, 2.05) is 19.9 Å². The van der Waals surface area contributed by atoms with Crippen LogP contribution in [0.2, 0.25) is 0 Å². The molecular formula is C14H18FN3. The first-order valence-corrected chi connectivity index (χ1v) is 6.11. The van der Waals surface area contributed by atoms with Crippen LogP contribution in [-0.2, 0) is 13.0 Å². The van der Waals surface area contributed by atoms with Crippen molar-refractivity contribution in [3.8, 4) is 5.69 Å². The highest BCUT2D eigenvalue weighted by molar-refractivity contribution is 5.40. The van der Waals surface area contributed by atoms with E-state index in [1.165, 1.54) is 17.7 Å². The molecule has 0 amide bonds. The highest BCUT2D eigenvalue weighted by Gasteiger charge is 2.12. The van der Waals surface area contributed by atoms with E-state index < -0.39 is 0 Å². The number of halogens is 1. The SMILES string of the molecule is CCc1c(C)nn(-c2cc(F)cc(CN)c2)c1C. The third kappa shape index (κ3) is 2.16. The van der Waals surface area contributed by atoms with Gasteiger partial charge in [0.05, 0.1) is 11.4 Å². The van der Waals surface area contributed by atoms with Crippen molar-refractivity contribution >= 4 is 0 Å². The van der Waals surface area contributed by atoms with E-state index in [9.17, 15) is 4.39 Å². The molecule has 96 valence electrons. The first-order valence-electron chi connectivity index (χ1n) is 6.11. The van der Waals surface area contributed by atoms with Gasteiger partial charge in [-0.05, 0) is 49.6 Å². The summed E-state index contributed by atoms with van der Waals surface area (Å²) in [6, 6.07) is 4.82. The average Bonchev–Trinajstić information content (AvgIpc) is 2.63. The minimum absolute atomic E-state index is 0.279. The molecule has 1 aromatic carbocycles. The number of nitrogens with two attached hydrogens (primary N) is 1. The van der Waals surface area contributed by atoms with Crippen LogP contribution < -0.4 is 5.73 Å². The molecular weight excluding hydrogens is 229 g/mol. The molecule has 0 saturated carbocycles. The van der Waals surface area contributed by atoms with Crippen molar-refractivity contribution in [2.45, 2.75) is 33.7 Å². The molecule has 0 radical (unpaired) electrons. The lowest BCUT2D eigenvalue weighted by atomic mass is 10.1. The van der Waals surface area contributed by atoms with Gasteiger partial charge in [0.1, 0.15) is 5.82 Å². The summed E-state index contributed by atoms with van der Waals surface area (Å²) < 4.78 is 15.3.